The minimum absolute atomic E-state index is 0.0353. The molecule has 0 unspecified atom stereocenters. The molecule has 1 heterocycles. The maximum absolute atomic E-state index is 12.7. The molecule has 146 valence electrons. The van der Waals surface area contributed by atoms with Crippen LogP contribution in [0, 0.1) is 0 Å². The Kier molecular flexibility index (Phi) is 4.81. The maximum atomic E-state index is 12.7. The number of ether oxygens (including phenoxy) is 1. The Bertz CT molecular complexity index is 865. The minimum atomic E-state index is -0.714. The van der Waals surface area contributed by atoms with Crippen molar-refractivity contribution >= 4 is 12.0 Å². The summed E-state index contributed by atoms with van der Waals surface area (Å²) in [7, 11) is 3.28. The van der Waals surface area contributed by atoms with Crippen molar-refractivity contribution in [3.8, 4) is 11.1 Å². The lowest BCUT2D eigenvalue weighted by Gasteiger charge is -2.26. The zero-order valence-electron chi connectivity index (χ0n) is 16.0. The van der Waals surface area contributed by atoms with Crippen molar-refractivity contribution in [2.24, 2.45) is 0 Å². The van der Waals surface area contributed by atoms with E-state index >= 15 is 0 Å². The Morgan fingerprint density at radius 2 is 1.64 bits per heavy atom. The molecule has 0 saturated carbocycles. The lowest BCUT2D eigenvalue weighted by atomic mass is 9.98. The number of nitrogens with zero attached hydrogens (tertiary/aromatic N) is 2. The van der Waals surface area contributed by atoms with Crippen LogP contribution >= 0.6 is 0 Å². The van der Waals surface area contributed by atoms with Crippen LogP contribution < -0.4 is 0 Å². The molecule has 2 aliphatic rings. The molecule has 2 amide bonds. The van der Waals surface area contributed by atoms with Crippen LogP contribution in [-0.2, 0) is 9.53 Å². The highest BCUT2D eigenvalue weighted by atomic mass is 16.6. The number of fused-ring (bicyclic) bond motifs is 3. The van der Waals surface area contributed by atoms with E-state index in [1.54, 1.807) is 14.1 Å². The van der Waals surface area contributed by atoms with Crippen molar-refractivity contribution in [3.63, 3.8) is 0 Å². The molecule has 6 nitrogen and oxygen atoms in total. The average molecular weight is 380 g/mol. The predicted octanol–water partition coefficient (Wildman–Crippen LogP) is 2.46. The van der Waals surface area contributed by atoms with E-state index in [4.69, 9.17) is 4.74 Å². The summed E-state index contributed by atoms with van der Waals surface area (Å²) < 4.78 is 5.64. The fourth-order valence-electron chi connectivity index (χ4n) is 4.22. The highest BCUT2D eigenvalue weighted by molar-refractivity contribution is 5.86. The Morgan fingerprint density at radius 1 is 1.07 bits per heavy atom. The molecule has 1 saturated heterocycles. The number of aliphatic hydroxyl groups excluding tert-OH is 1. The number of carbonyl (C=O) groups is 2. The Hall–Kier alpha value is -2.86. The van der Waals surface area contributed by atoms with Gasteiger partial charge in [-0.15, -0.1) is 0 Å². The highest BCUT2D eigenvalue weighted by Gasteiger charge is 2.41. The first-order valence-corrected chi connectivity index (χ1v) is 9.48. The highest BCUT2D eigenvalue weighted by Crippen LogP contribution is 2.44. The lowest BCUT2D eigenvalue weighted by Crippen LogP contribution is -2.45. The number of hydrogen-bond donors (Lipinski definition) is 1. The normalized spacial score (nSPS) is 20.6. The summed E-state index contributed by atoms with van der Waals surface area (Å²) in [5.41, 5.74) is 4.60. The molecule has 1 aliphatic carbocycles. The van der Waals surface area contributed by atoms with Crippen molar-refractivity contribution in [2.45, 2.75) is 24.5 Å². The summed E-state index contributed by atoms with van der Waals surface area (Å²) in [5, 5.41) is 9.97. The van der Waals surface area contributed by atoms with E-state index in [0.29, 0.717) is 0 Å². The second kappa shape index (κ2) is 7.28. The van der Waals surface area contributed by atoms with Crippen LogP contribution in [0.4, 0.5) is 4.79 Å². The fraction of sp³-hybridized carbons (Fsp3) is 0.364. The second-order valence-electron chi connectivity index (χ2n) is 7.59. The van der Waals surface area contributed by atoms with Crippen LogP contribution in [0.3, 0.4) is 0 Å². The molecule has 1 N–H and O–H groups in total. The van der Waals surface area contributed by atoms with Crippen molar-refractivity contribution in [3.05, 3.63) is 59.7 Å². The van der Waals surface area contributed by atoms with Gasteiger partial charge in [-0.3, -0.25) is 9.69 Å². The Balaban J connectivity index is 1.52. The zero-order valence-corrected chi connectivity index (χ0v) is 16.0. The van der Waals surface area contributed by atoms with Crippen molar-refractivity contribution in [1.82, 2.24) is 9.80 Å². The molecule has 0 bridgehead atoms. The maximum Gasteiger partial charge on any atom is 0.410 e. The van der Waals surface area contributed by atoms with Gasteiger partial charge in [-0.2, -0.15) is 0 Å². The number of likely N-dealkylation sites (N-methyl/N-ethyl adjacent to an activating group) is 1. The van der Waals surface area contributed by atoms with Gasteiger partial charge in [-0.25, -0.2) is 4.79 Å². The van der Waals surface area contributed by atoms with Crippen molar-refractivity contribution in [2.75, 3.05) is 27.2 Å². The first kappa shape index (κ1) is 18.5. The van der Waals surface area contributed by atoms with Gasteiger partial charge in [0.2, 0.25) is 5.91 Å². The summed E-state index contributed by atoms with van der Waals surface area (Å²) in [4.78, 5) is 27.9. The number of benzene rings is 2. The quantitative estimate of drug-likeness (QED) is 0.888. The van der Waals surface area contributed by atoms with Crippen molar-refractivity contribution in [1.29, 1.82) is 0 Å². The van der Waals surface area contributed by atoms with Crippen LogP contribution in [0.1, 0.15) is 23.5 Å². The number of hydrogen-bond acceptors (Lipinski definition) is 4. The summed E-state index contributed by atoms with van der Waals surface area (Å²) in [5.74, 6) is -0.239. The van der Waals surface area contributed by atoms with Crippen LogP contribution in [0.2, 0.25) is 0 Å². The topological polar surface area (TPSA) is 70.1 Å². The van der Waals surface area contributed by atoms with Crippen LogP contribution in [0.15, 0.2) is 48.5 Å². The second-order valence-corrected chi connectivity index (χ2v) is 7.59. The van der Waals surface area contributed by atoms with Crippen molar-refractivity contribution < 1.29 is 19.4 Å². The van der Waals surface area contributed by atoms with E-state index in [0.717, 1.165) is 22.3 Å². The van der Waals surface area contributed by atoms with Gasteiger partial charge in [-0.1, -0.05) is 48.5 Å². The number of aliphatic hydroxyl groups is 1. The molecular weight excluding hydrogens is 356 g/mol. The van der Waals surface area contributed by atoms with Crippen LogP contribution in [0.25, 0.3) is 11.1 Å². The molecule has 0 aromatic heterocycles. The molecule has 1 aliphatic heterocycles. The van der Waals surface area contributed by atoms with Gasteiger partial charge in [0.1, 0.15) is 12.6 Å². The molecule has 0 spiro atoms. The van der Waals surface area contributed by atoms with E-state index < -0.39 is 18.2 Å². The number of β-amino-alcohol motifs (C(OH)–C–C–N with tert-alkyl or cyclic N) is 1. The monoisotopic (exact) mass is 380 g/mol. The Labute approximate surface area is 164 Å². The van der Waals surface area contributed by atoms with Gasteiger partial charge in [0.15, 0.2) is 0 Å². The smallest absolute Gasteiger partial charge is 0.410 e. The van der Waals surface area contributed by atoms with Gasteiger partial charge in [0.05, 0.1) is 12.6 Å². The van der Waals surface area contributed by atoms with E-state index in [9.17, 15) is 14.7 Å². The van der Waals surface area contributed by atoms with E-state index in [1.807, 2.05) is 24.3 Å². The van der Waals surface area contributed by atoms with Crippen LogP contribution in [0.5, 0.6) is 0 Å². The SMILES string of the molecule is CN(C)C(=O)[C@H]1C[C@H](O)CN1C(=O)OCC1c2ccccc2-c2ccccc21. The first-order chi connectivity index (χ1) is 13.5. The summed E-state index contributed by atoms with van der Waals surface area (Å²) in [6.45, 7) is 0.309. The predicted molar refractivity (Wildman–Crippen MR) is 105 cm³/mol. The largest absolute Gasteiger partial charge is 0.448 e. The molecule has 28 heavy (non-hydrogen) atoms. The fourth-order valence-corrected chi connectivity index (χ4v) is 4.22. The number of likely N-dealkylation sites (tertiary alicyclic amines) is 1. The minimum Gasteiger partial charge on any atom is -0.448 e. The Morgan fingerprint density at radius 3 is 2.21 bits per heavy atom. The molecule has 0 radical (unpaired) electrons. The third kappa shape index (κ3) is 3.14. The zero-order chi connectivity index (χ0) is 19.8. The van der Waals surface area contributed by atoms with E-state index in [1.165, 1.54) is 9.80 Å². The lowest BCUT2D eigenvalue weighted by molar-refractivity contribution is -0.133. The number of rotatable bonds is 3. The van der Waals surface area contributed by atoms with Gasteiger partial charge in [0.25, 0.3) is 0 Å². The standard InChI is InChI=1S/C22H24N2O4/c1-23(2)21(26)20-11-14(25)12-24(20)22(27)28-13-19-17-9-5-3-7-15(17)16-8-4-6-10-18(16)19/h3-10,14,19-20,25H,11-13H2,1-2H3/t14-,20+/m0/s1. The number of amides is 2. The molecule has 2 atom stereocenters. The number of carbonyl (C=O) groups excluding carboxylic acids is 2. The summed E-state index contributed by atoms with van der Waals surface area (Å²) in [6, 6.07) is 15.6. The summed E-state index contributed by atoms with van der Waals surface area (Å²) in [6.07, 6.45) is -1.03. The molecule has 2 aromatic rings. The first-order valence-electron chi connectivity index (χ1n) is 9.48. The molecule has 6 heteroatoms. The molecular formula is C22H24N2O4. The van der Waals surface area contributed by atoms with Gasteiger partial charge >= 0.3 is 6.09 Å². The molecule has 2 aromatic carbocycles. The average Bonchev–Trinajstić information content (AvgIpc) is 3.24. The van der Waals surface area contributed by atoms with E-state index in [-0.39, 0.29) is 31.4 Å². The van der Waals surface area contributed by atoms with Gasteiger partial charge in [0, 0.05) is 26.4 Å². The van der Waals surface area contributed by atoms with Crippen LogP contribution in [-0.4, -0.2) is 66.3 Å². The van der Waals surface area contributed by atoms with Gasteiger partial charge in [-0.05, 0) is 22.3 Å². The van der Waals surface area contributed by atoms with E-state index in [2.05, 4.69) is 24.3 Å². The molecule has 4 rings (SSSR count). The molecule has 1 fully saturated rings. The summed E-state index contributed by atoms with van der Waals surface area (Å²) >= 11 is 0. The van der Waals surface area contributed by atoms with Gasteiger partial charge < -0.3 is 14.7 Å². The third-order valence-corrected chi connectivity index (χ3v) is 5.58. The third-order valence-electron chi connectivity index (χ3n) is 5.58.